The number of halogens is 4. The molecule has 5 rings (SSSR count). The number of amides is 3. The van der Waals surface area contributed by atoms with Crippen molar-refractivity contribution >= 4 is 35.1 Å². The van der Waals surface area contributed by atoms with Gasteiger partial charge in [-0.3, -0.25) is 9.69 Å². The highest BCUT2D eigenvalue weighted by Gasteiger charge is 2.46. The fraction of sp³-hybridized carbons (Fsp3) is 0.364. The van der Waals surface area contributed by atoms with Crippen LogP contribution in [0.1, 0.15) is 45.8 Å². The summed E-state index contributed by atoms with van der Waals surface area (Å²) in [4.78, 5) is 46.9. The van der Waals surface area contributed by atoms with Gasteiger partial charge in [-0.25, -0.2) is 23.9 Å². The highest BCUT2D eigenvalue weighted by atomic mass is 19.4. The minimum atomic E-state index is -4.63. The Balaban J connectivity index is 1.36. The molecule has 258 valence electrons. The number of ether oxygens (including phenoxy) is 2. The molecule has 1 aromatic heterocycles. The number of aliphatic hydroxyl groups excluding tert-OH is 1. The summed E-state index contributed by atoms with van der Waals surface area (Å²) in [6.07, 6.45) is -5.01. The van der Waals surface area contributed by atoms with Crippen LogP contribution in [0, 0.1) is 24.1 Å². The number of aliphatic hydroxyl groups is 1. The molecule has 1 saturated heterocycles. The molecular formula is C33H32F4N6O6. The molecule has 49 heavy (non-hydrogen) atoms. The van der Waals surface area contributed by atoms with Crippen LogP contribution in [0.3, 0.4) is 0 Å². The number of urea groups is 1. The zero-order valence-electron chi connectivity index (χ0n) is 26.6. The summed E-state index contributed by atoms with van der Waals surface area (Å²) in [7, 11) is 1.49. The largest absolute Gasteiger partial charge is 0.464 e. The van der Waals surface area contributed by atoms with Crippen LogP contribution in [-0.4, -0.2) is 79.7 Å². The normalized spacial score (nSPS) is 18.4. The van der Waals surface area contributed by atoms with E-state index in [1.807, 2.05) is 6.07 Å². The average Bonchev–Trinajstić information content (AvgIpc) is 3.06. The molecule has 1 fully saturated rings. The monoisotopic (exact) mass is 684 g/mol. The van der Waals surface area contributed by atoms with Gasteiger partial charge in [0, 0.05) is 37.5 Å². The molecule has 0 spiro atoms. The van der Waals surface area contributed by atoms with Crippen molar-refractivity contribution in [2.75, 3.05) is 48.1 Å². The Labute approximate surface area is 278 Å². The van der Waals surface area contributed by atoms with E-state index >= 15 is 4.39 Å². The van der Waals surface area contributed by atoms with Gasteiger partial charge in [0.15, 0.2) is 6.23 Å². The third kappa shape index (κ3) is 6.99. The summed E-state index contributed by atoms with van der Waals surface area (Å²) in [5.74, 6) is -2.87. The van der Waals surface area contributed by atoms with Gasteiger partial charge in [-0.15, -0.1) is 0 Å². The van der Waals surface area contributed by atoms with Crippen LogP contribution in [0.2, 0.25) is 0 Å². The van der Waals surface area contributed by atoms with Crippen LogP contribution in [0.5, 0.6) is 0 Å². The SMILES string of the molecule is CCOC(=O)[C@H](Cc1ccc(N2C(=O)N(C)c3cccc(C#N)c3C2O)nc1)NC(=O)c1c(C)cc(N2CCOC[C@@H]2C(F)(F)F)cc1F. The molecule has 12 nitrogen and oxygen atoms in total. The summed E-state index contributed by atoms with van der Waals surface area (Å²) in [5, 5.41) is 23.1. The highest BCUT2D eigenvalue weighted by molar-refractivity contribution is 6.06. The lowest BCUT2D eigenvalue weighted by Gasteiger charge is -2.38. The molecule has 2 aromatic carbocycles. The number of fused-ring (bicyclic) bond motifs is 1. The van der Waals surface area contributed by atoms with E-state index in [-0.39, 0.29) is 54.4 Å². The molecule has 3 amide bonds. The van der Waals surface area contributed by atoms with Crippen LogP contribution in [0.4, 0.5) is 39.5 Å². The predicted molar refractivity (Wildman–Crippen MR) is 167 cm³/mol. The zero-order chi connectivity index (χ0) is 35.6. The molecule has 1 unspecified atom stereocenters. The minimum Gasteiger partial charge on any atom is -0.464 e. The number of aromatic nitrogens is 1. The molecular weight excluding hydrogens is 652 g/mol. The number of morpholine rings is 1. The van der Waals surface area contributed by atoms with Gasteiger partial charge in [0.2, 0.25) is 0 Å². The Morgan fingerprint density at radius 1 is 1.24 bits per heavy atom. The lowest BCUT2D eigenvalue weighted by molar-refractivity contribution is -0.167. The number of carbonyl (C=O) groups excluding carboxylic acids is 3. The van der Waals surface area contributed by atoms with E-state index in [0.29, 0.717) is 11.3 Å². The molecule has 0 aliphatic carbocycles. The van der Waals surface area contributed by atoms with Gasteiger partial charge in [0.25, 0.3) is 5.91 Å². The van der Waals surface area contributed by atoms with Crippen molar-refractivity contribution in [2.24, 2.45) is 0 Å². The summed E-state index contributed by atoms with van der Waals surface area (Å²) in [6, 6.07) is 7.83. The molecule has 2 N–H and O–H groups in total. The van der Waals surface area contributed by atoms with Gasteiger partial charge in [-0.2, -0.15) is 18.4 Å². The van der Waals surface area contributed by atoms with Gasteiger partial charge in [0.05, 0.1) is 42.7 Å². The lowest BCUT2D eigenvalue weighted by Crippen LogP contribution is -2.53. The first-order valence-electron chi connectivity index (χ1n) is 15.2. The van der Waals surface area contributed by atoms with Crippen molar-refractivity contribution in [2.45, 2.75) is 44.8 Å². The van der Waals surface area contributed by atoms with E-state index in [2.05, 4.69) is 10.3 Å². The van der Waals surface area contributed by atoms with Crippen LogP contribution in [0.15, 0.2) is 48.7 Å². The Kier molecular flexibility index (Phi) is 10.1. The maximum atomic E-state index is 15.4. The molecule has 3 atom stereocenters. The fourth-order valence-electron chi connectivity index (χ4n) is 5.88. The maximum absolute atomic E-state index is 15.4. The third-order valence-corrected chi connectivity index (χ3v) is 8.27. The van der Waals surface area contributed by atoms with Gasteiger partial charge in [-0.05, 0) is 55.3 Å². The number of alkyl halides is 3. The number of hydrogen-bond donors (Lipinski definition) is 2. The molecule has 3 heterocycles. The second-order valence-electron chi connectivity index (χ2n) is 11.4. The molecule has 2 aliphatic rings. The molecule has 3 aromatic rings. The standard InChI is InChI=1S/C33H32F4N6O6/c1-4-49-31(46)23(40-29(44)27-18(2)12-21(14-22(27)34)42-10-11-48-17-25(42)33(35,36)37)13-19-8-9-26(39-16-19)43-30(45)28-20(15-38)6-5-7-24(28)41(3)32(43)47/h5-9,12,14,16,23,25,30,45H,4,10-11,13,17H2,1-3H3,(H,40,44)/t23-,25+,30?/m0/s1. The molecule has 16 heteroatoms. The van der Waals surface area contributed by atoms with Gasteiger partial charge >= 0.3 is 18.2 Å². The van der Waals surface area contributed by atoms with E-state index in [0.717, 1.165) is 15.9 Å². The number of nitriles is 1. The van der Waals surface area contributed by atoms with Crippen molar-refractivity contribution < 1.29 is 46.5 Å². The van der Waals surface area contributed by atoms with Crippen molar-refractivity contribution in [3.63, 3.8) is 0 Å². The number of nitrogens with zero attached hydrogens (tertiary/aromatic N) is 5. The summed E-state index contributed by atoms with van der Waals surface area (Å²) in [6.45, 7) is 2.16. The second-order valence-corrected chi connectivity index (χ2v) is 11.4. The second kappa shape index (κ2) is 14.1. The number of hydrogen-bond acceptors (Lipinski definition) is 9. The van der Waals surface area contributed by atoms with Crippen LogP contribution >= 0.6 is 0 Å². The Bertz CT molecular complexity index is 1770. The predicted octanol–water partition coefficient (Wildman–Crippen LogP) is 4.14. The lowest BCUT2D eigenvalue weighted by atomic mass is 10.0. The van der Waals surface area contributed by atoms with Gasteiger partial charge in [-0.1, -0.05) is 12.1 Å². The number of anilines is 3. The van der Waals surface area contributed by atoms with Crippen LogP contribution in [0.25, 0.3) is 0 Å². The molecule has 0 radical (unpaired) electrons. The fourth-order valence-corrected chi connectivity index (χ4v) is 5.88. The topological polar surface area (TPSA) is 148 Å². The van der Waals surface area contributed by atoms with E-state index < -0.39 is 60.4 Å². The first kappa shape index (κ1) is 35.0. The Hall–Kier alpha value is -5.27. The molecule has 0 bridgehead atoms. The third-order valence-electron chi connectivity index (χ3n) is 8.27. The van der Waals surface area contributed by atoms with E-state index in [4.69, 9.17) is 9.47 Å². The van der Waals surface area contributed by atoms with Crippen LogP contribution < -0.4 is 20.0 Å². The Morgan fingerprint density at radius 2 is 2.00 bits per heavy atom. The number of esters is 1. The quantitative estimate of drug-likeness (QED) is 0.264. The van der Waals surface area contributed by atoms with Crippen molar-refractivity contribution in [1.82, 2.24) is 10.3 Å². The zero-order valence-corrected chi connectivity index (χ0v) is 26.6. The van der Waals surface area contributed by atoms with Crippen molar-refractivity contribution in [1.29, 1.82) is 5.26 Å². The van der Waals surface area contributed by atoms with Crippen molar-refractivity contribution in [3.05, 3.63) is 82.3 Å². The summed E-state index contributed by atoms with van der Waals surface area (Å²) < 4.78 is 66.4. The highest BCUT2D eigenvalue weighted by Crippen LogP contribution is 2.39. The van der Waals surface area contributed by atoms with E-state index in [1.165, 1.54) is 49.3 Å². The first-order valence-corrected chi connectivity index (χ1v) is 15.2. The number of pyridine rings is 1. The van der Waals surface area contributed by atoms with Crippen molar-refractivity contribution in [3.8, 4) is 6.07 Å². The minimum absolute atomic E-state index is 0.00852. The Morgan fingerprint density at radius 3 is 2.63 bits per heavy atom. The van der Waals surface area contributed by atoms with Gasteiger partial charge < -0.3 is 24.8 Å². The summed E-state index contributed by atoms with van der Waals surface area (Å²) >= 11 is 0. The van der Waals surface area contributed by atoms with Crippen LogP contribution in [-0.2, 0) is 20.7 Å². The smallest absolute Gasteiger partial charge is 0.411 e. The summed E-state index contributed by atoms with van der Waals surface area (Å²) in [5.41, 5.74) is 0.680. The maximum Gasteiger partial charge on any atom is 0.411 e. The molecule has 2 aliphatic heterocycles. The number of nitrogens with one attached hydrogen (secondary N) is 1. The number of rotatable bonds is 8. The van der Waals surface area contributed by atoms with E-state index in [1.54, 1.807) is 19.1 Å². The number of carbonyl (C=O) groups is 3. The number of benzene rings is 2. The number of aryl methyl sites for hydroxylation is 1. The van der Waals surface area contributed by atoms with Gasteiger partial charge in [0.1, 0.15) is 23.7 Å². The molecule has 0 saturated carbocycles. The average molecular weight is 685 g/mol. The van der Waals surface area contributed by atoms with E-state index in [9.17, 15) is 37.9 Å². The first-order chi connectivity index (χ1) is 23.3.